The maximum Gasteiger partial charge on any atom is 0.231 e. The quantitative estimate of drug-likeness (QED) is 0.665. The molecule has 98 valence electrons. The lowest BCUT2D eigenvalue weighted by atomic mass is 9.42. The van der Waals surface area contributed by atoms with E-state index in [2.05, 4.69) is 5.32 Å². The van der Waals surface area contributed by atoms with Gasteiger partial charge < -0.3 is 0 Å². The highest BCUT2D eigenvalue weighted by atomic mass is 32.2. The lowest BCUT2D eigenvalue weighted by Gasteiger charge is -2.65. The van der Waals surface area contributed by atoms with Crippen LogP contribution in [0.4, 0.5) is 0 Å². The van der Waals surface area contributed by atoms with Crippen LogP contribution in [0, 0.1) is 22.7 Å². The first kappa shape index (κ1) is 12.2. The highest BCUT2D eigenvalue weighted by Crippen LogP contribution is 2.73. The number of ketones is 1. The molecule has 0 bridgehead atoms. The lowest BCUT2D eigenvalue weighted by molar-refractivity contribution is -0.166. The smallest absolute Gasteiger partial charge is 0.231 e. The van der Waals surface area contributed by atoms with Crippen LogP contribution in [0.3, 0.4) is 0 Å². The normalized spacial score (nSPS) is 38.6. The Hall–Kier alpha value is -0.840. The number of nitrogens with one attached hydrogen (secondary N) is 1. The molecular weight excluding hydrogens is 250 g/mol. The predicted octanol–water partition coefficient (Wildman–Crippen LogP) is 0.996. The van der Waals surface area contributed by atoms with Gasteiger partial charge in [0, 0.05) is 16.6 Å². The minimum atomic E-state index is -0.539. The molecule has 0 aromatic carbocycles. The lowest BCUT2D eigenvalue weighted by Crippen LogP contribution is -2.75. The van der Waals surface area contributed by atoms with Gasteiger partial charge in [0.05, 0.1) is 16.6 Å². The van der Waals surface area contributed by atoms with Crippen molar-refractivity contribution in [3.05, 3.63) is 0 Å². The molecule has 1 N–H and O–H groups in total. The molecule has 1 aliphatic carbocycles. The molecule has 1 spiro atoms. The zero-order chi connectivity index (χ0) is 13.5. The maximum atomic E-state index is 12.3. The standard InChI is InChI=1S/C13H17NO3S/c1-11(2)10(17)12(3,4)13(11)7-6(5-18-13)8(15)14-9(7)16/h6-7H,5H2,1-4H3,(H,14,15,16). The van der Waals surface area contributed by atoms with E-state index in [1.54, 1.807) is 11.8 Å². The molecule has 2 saturated heterocycles. The third kappa shape index (κ3) is 0.930. The van der Waals surface area contributed by atoms with Crippen molar-refractivity contribution in [1.82, 2.24) is 5.32 Å². The van der Waals surface area contributed by atoms with Crippen LogP contribution in [0.5, 0.6) is 0 Å². The van der Waals surface area contributed by atoms with Crippen molar-refractivity contribution in [2.24, 2.45) is 22.7 Å². The van der Waals surface area contributed by atoms with Crippen molar-refractivity contribution in [3.8, 4) is 0 Å². The summed E-state index contributed by atoms with van der Waals surface area (Å²) < 4.78 is -0.433. The van der Waals surface area contributed by atoms with Gasteiger partial charge in [-0.3, -0.25) is 19.7 Å². The fourth-order valence-corrected chi connectivity index (χ4v) is 6.70. The van der Waals surface area contributed by atoms with E-state index in [0.29, 0.717) is 5.75 Å². The van der Waals surface area contributed by atoms with Gasteiger partial charge >= 0.3 is 0 Å². The molecule has 0 radical (unpaired) electrons. The van der Waals surface area contributed by atoms with Crippen molar-refractivity contribution in [2.75, 3.05) is 5.75 Å². The van der Waals surface area contributed by atoms with Crippen molar-refractivity contribution in [2.45, 2.75) is 32.4 Å². The summed E-state index contributed by atoms with van der Waals surface area (Å²) in [5.41, 5.74) is -1.08. The van der Waals surface area contributed by atoms with Crippen molar-refractivity contribution in [3.63, 3.8) is 0 Å². The van der Waals surface area contributed by atoms with Gasteiger partial charge in [-0.15, -0.1) is 0 Å². The van der Waals surface area contributed by atoms with E-state index in [1.807, 2.05) is 27.7 Å². The number of imide groups is 1. The van der Waals surface area contributed by atoms with Gasteiger partial charge in [0.25, 0.3) is 0 Å². The van der Waals surface area contributed by atoms with E-state index in [9.17, 15) is 14.4 Å². The molecule has 3 fully saturated rings. The van der Waals surface area contributed by atoms with E-state index in [1.165, 1.54) is 0 Å². The summed E-state index contributed by atoms with van der Waals surface area (Å²) >= 11 is 1.65. The van der Waals surface area contributed by atoms with E-state index < -0.39 is 15.6 Å². The Morgan fingerprint density at radius 1 is 1.06 bits per heavy atom. The molecular formula is C13H17NO3S. The van der Waals surface area contributed by atoms with Crippen LogP contribution in [0.1, 0.15) is 27.7 Å². The zero-order valence-electron chi connectivity index (χ0n) is 11.0. The first-order valence-electron chi connectivity index (χ1n) is 6.21. The summed E-state index contributed by atoms with van der Waals surface area (Å²) in [7, 11) is 0. The summed E-state index contributed by atoms with van der Waals surface area (Å²) in [6.45, 7) is 7.64. The summed E-state index contributed by atoms with van der Waals surface area (Å²) in [5.74, 6) is -0.131. The number of carbonyl (C=O) groups is 3. The molecule has 18 heavy (non-hydrogen) atoms. The van der Waals surface area contributed by atoms with Crippen LogP contribution in [-0.4, -0.2) is 28.1 Å². The molecule has 2 aliphatic heterocycles. The average molecular weight is 267 g/mol. The van der Waals surface area contributed by atoms with Crippen LogP contribution in [-0.2, 0) is 14.4 Å². The third-order valence-electron chi connectivity index (χ3n) is 5.19. The van der Waals surface area contributed by atoms with Crippen LogP contribution in [0.2, 0.25) is 0 Å². The number of hydrogen-bond donors (Lipinski definition) is 1. The van der Waals surface area contributed by atoms with Gasteiger partial charge in [-0.25, -0.2) is 0 Å². The summed E-state index contributed by atoms with van der Waals surface area (Å²) in [6, 6.07) is 0. The van der Waals surface area contributed by atoms with Crippen molar-refractivity contribution < 1.29 is 14.4 Å². The van der Waals surface area contributed by atoms with Gasteiger partial charge in [0.2, 0.25) is 11.8 Å². The highest BCUT2D eigenvalue weighted by molar-refractivity contribution is 8.01. The van der Waals surface area contributed by atoms with E-state index in [0.717, 1.165) is 0 Å². The van der Waals surface area contributed by atoms with E-state index >= 15 is 0 Å². The fourth-order valence-electron chi connectivity index (χ4n) is 4.55. The van der Waals surface area contributed by atoms with Crippen LogP contribution in [0.15, 0.2) is 0 Å². The Bertz CT molecular complexity index is 476. The first-order chi connectivity index (χ1) is 8.18. The van der Waals surface area contributed by atoms with E-state index in [-0.39, 0.29) is 29.4 Å². The molecule has 3 rings (SSSR count). The SMILES string of the molecule is CC1(C)C(=O)C(C)(C)C12SCC1C(=O)NC(=O)C12. The second-order valence-electron chi connectivity index (χ2n) is 6.56. The number of Topliss-reactive ketones (excluding diaryl/α,β-unsaturated/α-hetero) is 1. The fraction of sp³-hybridized carbons (Fsp3) is 0.769. The topological polar surface area (TPSA) is 63.2 Å². The Kier molecular flexibility index (Phi) is 2.04. The molecule has 3 aliphatic rings. The minimum Gasteiger partial charge on any atom is -0.298 e. The predicted molar refractivity (Wildman–Crippen MR) is 67.9 cm³/mol. The Balaban J connectivity index is 2.15. The van der Waals surface area contributed by atoms with Crippen LogP contribution in [0.25, 0.3) is 0 Å². The van der Waals surface area contributed by atoms with Gasteiger partial charge in [-0.05, 0) is 0 Å². The Morgan fingerprint density at radius 3 is 2.17 bits per heavy atom. The summed E-state index contributed by atoms with van der Waals surface area (Å²) in [4.78, 5) is 36.2. The Morgan fingerprint density at radius 2 is 1.61 bits per heavy atom. The second kappa shape index (κ2) is 3.00. The third-order valence-corrected chi connectivity index (χ3v) is 7.44. The number of carbonyl (C=O) groups excluding carboxylic acids is 3. The Labute approximate surface area is 110 Å². The highest BCUT2D eigenvalue weighted by Gasteiger charge is 2.80. The zero-order valence-corrected chi connectivity index (χ0v) is 11.8. The molecule has 2 heterocycles. The van der Waals surface area contributed by atoms with Crippen LogP contribution >= 0.6 is 11.8 Å². The molecule has 2 unspecified atom stereocenters. The summed E-state index contributed by atoms with van der Waals surface area (Å²) in [6.07, 6.45) is 0. The second-order valence-corrected chi connectivity index (χ2v) is 7.83. The number of amides is 2. The largest absolute Gasteiger partial charge is 0.298 e. The van der Waals surface area contributed by atoms with Gasteiger partial charge in [-0.1, -0.05) is 27.7 Å². The molecule has 1 saturated carbocycles. The molecule has 2 amide bonds. The number of thioether (sulfide) groups is 1. The van der Waals surface area contributed by atoms with Gasteiger partial charge in [-0.2, -0.15) is 11.8 Å². The number of rotatable bonds is 0. The molecule has 0 aromatic heterocycles. The monoisotopic (exact) mass is 267 g/mol. The number of fused-ring (bicyclic) bond motifs is 2. The van der Waals surface area contributed by atoms with Gasteiger partial charge in [0.15, 0.2) is 0 Å². The minimum absolute atomic E-state index is 0.166. The van der Waals surface area contributed by atoms with Crippen LogP contribution < -0.4 is 5.32 Å². The molecule has 2 atom stereocenters. The molecule has 5 heteroatoms. The van der Waals surface area contributed by atoms with E-state index in [4.69, 9.17) is 0 Å². The number of hydrogen-bond acceptors (Lipinski definition) is 4. The van der Waals surface area contributed by atoms with Crippen molar-refractivity contribution >= 4 is 29.4 Å². The molecule has 0 aromatic rings. The van der Waals surface area contributed by atoms with Gasteiger partial charge in [0.1, 0.15) is 5.78 Å². The average Bonchev–Trinajstić information content (AvgIpc) is 2.79. The first-order valence-corrected chi connectivity index (χ1v) is 7.20. The van der Waals surface area contributed by atoms with Crippen molar-refractivity contribution in [1.29, 1.82) is 0 Å². The maximum absolute atomic E-state index is 12.3. The molecule has 4 nitrogen and oxygen atoms in total. The summed E-state index contributed by atoms with van der Waals surface area (Å²) in [5, 5.41) is 2.43.